The van der Waals surface area contributed by atoms with Crippen LogP contribution in [0, 0.1) is 6.92 Å². The molecule has 0 rings (SSSR count). The number of aliphatic carboxylic acids is 1. The van der Waals surface area contributed by atoms with Crippen LogP contribution in [0.1, 0.15) is 58.8 Å². The van der Waals surface area contributed by atoms with E-state index in [4.69, 9.17) is 5.11 Å². The molecule has 4 heteroatoms. The number of carboxylic acid groups (broad SMARTS) is 1. The van der Waals surface area contributed by atoms with E-state index >= 15 is 0 Å². The second-order valence-electron chi connectivity index (χ2n) is 2.91. The number of carboxylic acids is 1. The SMILES string of the molecule is CCCCCCCCC(=O)O.[Br-].[CH2-]C.[Mg+2]. The summed E-state index contributed by atoms with van der Waals surface area (Å²) in [6.07, 6.45) is 7.25. The molecule has 1 N–H and O–H groups in total. The van der Waals surface area contributed by atoms with Crippen molar-refractivity contribution in [1.29, 1.82) is 0 Å². The number of hydrogen-bond acceptors (Lipinski definition) is 1. The van der Waals surface area contributed by atoms with Crippen LogP contribution in [0.5, 0.6) is 0 Å². The van der Waals surface area contributed by atoms with E-state index in [1.165, 1.54) is 25.7 Å². The van der Waals surface area contributed by atoms with Gasteiger partial charge in [0.15, 0.2) is 0 Å². The van der Waals surface area contributed by atoms with Gasteiger partial charge in [0, 0.05) is 6.42 Å². The first-order chi connectivity index (χ1) is 6.27. The van der Waals surface area contributed by atoms with Crippen molar-refractivity contribution in [2.45, 2.75) is 58.8 Å². The van der Waals surface area contributed by atoms with Crippen LogP contribution in [-0.2, 0) is 4.79 Å². The minimum Gasteiger partial charge on any atom is -1.00 e. The van der Waals surface area contributed by atoms with E-state index in [2.05, 4.69) is 13.8 Å². The van der Waals surface area contributed by atoms with Crippen molar-refractivity contribution in [3.8, 4) is 0 Å². The quantitative estimate of drug-likeness (QED) is 0.416. The van der Waals surface area contributed by atoms with Gasteiger partial charge in [0.2, 0.25) is 0 Å². The molecule has 0 aromatic rings. The van der Waals surface area contributed by atoms with E-state index < -0.39 is 5.97 Å². The van der Waals surface area contributed by atoms with E-state index in [0.29, 0.717) is 6.42 Å². The minimum absolute atomic E-state index is 0. The molecule has 15 heavy (non-hydrogen) atoms. The average molecular weight is 292 g/mol. The molecule has 0 aliphatic rings. The molecular weight excluding hydrogens is 268 g/mol. The molecule has 0 spiro atoms. The van der Waals surface area contributed by atoms with Crippen LogP contribution in [0.2, 0.25) is 0 Å². The third-order valence-corrected chi connectivity index (χ3v) is 1.74. The smallest absolute Gasteiger partial charge is 1.00 e. The van der Waals surface area contributed by atoms with Crippen LogP contribution in [-0.4, -0.2) is 34.1 Å². The van der Waals surface area contributed by atoms with Crippen molar-refractivity contribution in [1.82, 2.24) is 0 Å². The van der Waals surface area contributed by atoms with Gasteiger partial charge in [-0.25, -0.2) is 0 Å². The standard InChI is InChI=1S/C9H18O2.C2H5.BrH.Mg/c1-2-3-4-5-6-7-8-9(10)11;1-2;;/h2-8H2,1H3,(H,10,11);1H2,2H3;1H;/q;-1;;+2/p-1. The van der Waals surface area contributed by atoms with Gasteiger partial charge in [0.1, 0.15) is 0 Å². The van der Waals surface area contributed by atoms with Crippen molar-refractivity contribution < 1.29 is 26.9 Å². The Morgan fingerprint density at radius 2 is 1.47 bits per heavy atom. The summed E-state index contributed by atoms with van der Waals surface area (Å²) >= 11 is 0. The van der Waals surface area contributed by atoms with Crippen LogP contribution in [0.15, 0.2) is 0 Å². The third kappa shape index (κ3) is 31.3. The van der Waals surface area contributed by atoms with Crippen LogP contribution < -0.4 is 17.0 Å². The Morgan fingerprint density at radius 1 is 1.07 bits per heavy atom. The molecule has 0 atom stereocenters. The number of hydrogen-bond donors (Lipinski definition) is 1. The zero-order chi connectivity index (χ0) is 10.5. The van der Waals surface area contributed by atoms with Gasteiger partial charge in [0.25, 0.3) is 0 Å². The molecule has 2 nitrogen and oxygen atoms in total. The Morgan fingerprint density at radius 3 is 1.87 bits per heavy atom. The van der Waals surface area contributed by atoms with Crippen molar-refractivity contribution in [3.05, 3.63) is 6.92 Å². The number of rotatable bonds is 7. The molecule has 0 aliphatic carbocycles. The first kappa shape index (κ1) is 24.8. The molecule has 0 heterocycles. The van der Waals surface area contributed by atoms with Gasteiger partial charge in [-0.2, -0.15) is 6.92 Å². The first-order valence-electron chi connectivity index (χ1n) is 5.20. The van der Waals surface area contributed by atoms with E-state index in [1.54, 1.807) is 6.92 Å². The Bertz CT molecular complexity index is 111. The van der Waals surface area contributed by atoms with Crippen LogP contribution >= 0.6 is 0 Å². The fourth-order valence-electron chi connectivity index (χ4n) is 1.06. The monoisotopic (exact) mass is 290 g/mol. The Labute approximate surface area is 121 Å². The second kappa shape index (κ2) is 24.1. The molecule has 0 aromatic heterocycles. The normalized spacial score (nSPS) is 7.67. The van der Waals surface area contributed by atoms with Crippen molar-refractivity contribution >= 4 is 29.0 Å². The predicted molar refractivity (Wildman–Crippen MR) is 62.4 cm³/mol. The number of unbranched alkanes of at least 4 members (excludes halogenated alkanes) is 5. The van der Waals surface area contributed by atoms with Gasteiger partial charge < -0.3 is 29.0 Å². The second-order valence-corrected chi connectivity index (χ2v) is 2.91. The molecule has 0 fully saturated rings. The van der Waals surface area contributed by atoms with E-state index in [0.717, 1.165) is 12.8 Å². The molecule has 0 amide bonds. The predicted octanol–water partition coefficient (Wildman–Crippen LogP) is 0.285. The molecule has 0 aliphatic heterocycles. The maximum atomic E-state index is 10.1. The number of carbonyl (C=O) groups is 1. The zero-order valence-electron chi connectivity index (χ0n) is 10.1. The summed E-state index contributed by atoms with van der Waals surface area (Å²) in [7, 11) is 0. The molecule has 88 valence electrons. The molecule has 0 radical (unpaired) electrons. The van der Waals surface area contributed by atoms with E-state index in [-0.39, 0.29) is 40.0 Å². The molecule has 0 bridgehead atoms. The summed E-state index contributed by atoms with van der Waals surface area (Å²) in [5.41, 5.74) is 0. The number of halogens is 1. The summed E-state index contributed by atoms with van der Waals surface area (Å²) in [6, 6.07) is 0. The van der Waals surface area contributed by atoms with Gasteiger partial charge in [-0.05, 0) is 6.42 Å². The summed E-state index contributed by atoms with van der Waals surface area (Å²) in [4.78, 5) is 10.1. The molecule has 0 saturated heterocycles. The van der Waals surface area contributed by atoms with E-state index in [9.17, 15) is 4.79 Å². The van der Waals surface area contributed by atoms with Gasteiger partial charge in [0.05, 0.1) is 0 Å². The van der Waals surface area contributed by atoms with Gasteiger partial charge in [-0.1, -0.05) is 39.0 Å². The first-order valence-corrected chi connectivity index (χ1v) is 5.20. The van der Waals surface area contributed by atoms with Crippen molar-refractivity contribution in [2.75, 3.05) is 0 Å². The minimum atomic E-state index is -0.666. The summed E-state index contributed by atoms with van der Waals surface area (Å²) in [6.45, 7) is 7.18. The maximum Gasteiger partial charge on any atom is 2.00 e. The van der Waals surface area contributed by atoms with Crippen molar-refractivity contribution in [3.63, 3.8) is 0 Å². The Balaban J connectivity index is -0.000000142. The molecular formula is C11H23BrMgO2. The fraction of sp³-hybridized carbons (Fsp3) is 0.818. The van der Waals surface area contributed by atoms with Crippen LogP contribution in [0.4, 0.5) is 0 Å². The summed E-state index contributed by atoms with van der Waals surface area (Å²) < 4.78 is 0. The third-order valence-electron chi connectivity index (χ3n) is 1.74. The fourth-order valence-corrected chi connectivity index (χ4v) is 1.06. The van der Waals surface area contributed by atoms with E-state index in [1.807, 2.05) is 0 Å². The molecule has 0 saturated carbocycles. The largest absolute Gasteiger partial charge is 2.00 e. The maximum absolute atomic E-state index is 10.1. The van der Waals surface area contributed by atoms with Crippen LogP contribution in [0.25, 0.3) is 0 Å². The topological polar surface area (TPSA) is 37.3 Å². The zero-order valence-corrected chi connectivity index (χ0v) is 13.1. The summed E-state index contributed by atoms with van der Waals surface area (Å²) in [5.74, 6) is -0.666. The Hall–Kier alpha value is 0.716. The van der Waals surface area contributed by atoms with Gasteiger partial charge in [-0.15, -0.1) is 0 Å². The van der Waals surface area contributed by atoms with Crippen LogP contribution in [0.3, 0.4) is 0 Å². The van der Waals surface area contributed by atoms with Gasteiger partial charge in [-0.3, -0.25) is 4.79 Å². The summed E-state index contributed by atoms with van der Waals surface area (Å²) in [5, 5.41) is 8.32. The molecule has 0 unspecified atom stereocenters. The van der Waals surface area contributed by atoms with Crippen molar-refractivity contribution in [2.24, 2.45) is 0 Å². The Kier molecular flexibility index (Phi) is 39.9. The average Bonchev–Trinajstić information content (AvgIpc) is 2.14. The van der Waals surface area contributed by atoms with Gasteiger partial charge >= 0.3 is 29.0 Å². The molecule has 0 aromatic carbocycles.